The lowest BCUT2D eigenvalue weighted by Gasteiger charge is -2.00. The van der Waals surface area contributed by atoms with Gasteiger partial charge in [0.1, 0.15) is 0 Å². The Labute approximate surface area is 156 Å². The van der Waals surface area contributed by atoms with E-state index in [2.05, 4.69) is 6.58 Å². The summed E-state index contributed by atoms with van der Waals surface area (Å²) in [5.74, 6) is 0.215. The van der Waals surface area contributed by atoms with Crippen molar-refractivity contribution in [2.45, 2.75) is 48.5 Å². The lowest BCUT2D eigenvalue weighted by atomic mass is 10.1. The zero-order valence-corrected chi connectivity index (χ0v) is 17.0. The standard InChI is InChI=1S/C19H18O3.2C2H6/c1-5-9-13-14(10-6-2)18-16(17(13)20)12(8-4)15(11-7-3)19(21)22-18;2*1-2/h5-11H,3H2,1-2,4H3;2*1-2H3/b9-5-,10-6-,12-8+,15-11+;;. The van der Waals surface area contributed by atoms with Crippen molar-refractivity contribution in [1.82, 2.24) is 0 Å². The molecule has 0 amide bonds. The number of carbonyl (C=O) groups excluding carboxylic acids is 1. The van der Waals surface area contributed by atoms with E-state index < -0.39 is 5.63 Å². The Hall–Kier alpha value is -2.68. The molecule has 0 radical (unpaired) electrons. The minimum atomic E-state index is -0.469. The molecule has 0 N–H and O–H groups in total. The van der Waals surface area contributed by atoms with Gasteiger partial charge in [-0.1, -0.05) is 70.7 Å². The quantitative estimate of drug-likeness (QED) is 0.799. The summed E-state index contributed by atoms with van der Waals surface area (Å²) in [6.45, 7) is 17.1. The van der Waals surface area contributed by atoms with Crippen molar-refractivity contribution in [2.24, 2.45) is 0 Å². The van der Waals surface area contributed by atoms with Gasteiger partial charge < -0.3 is 4.42 Å². The normalized spacial score (nSPS) is 14.3. The molecule has 0 aromatic carbocycles. The summed E-state index contributed by atoms with van der Waals surface area (Å²) in [4.78, 5) is 25.0. The van der Waals surface area contributed by atoms with Gasteiger partial charge in [0.2, 0.25) is 0 Å². The van der Waals surface area contributed by atoms with Gasteiger partial charge >= 0.3 is 5.63 Å². The van der Waals surface area contributed by atoms with E-state index in [-0.39, 0.29) is 5.78 Å². The zero-order chi connectivity index (χ0) is 20.3. The highest BCUT2D eigenvalue weighted by atomic mass is 16.4. The van der Waals surface area contributed by atoms with Crippen LogP contribution in [0.15, 0.2) is 51.7 Å². The van der Waals surface area contributed by atoms with Crippen LogP contribution in [0.4, 0.5) is 0 Å². The highest BCUT2D eigenvalue weighted by Crippen LogP contribution is 2.31. The van der Waals surface area contributed by atoms with Gasteiger partial charge in [-0.05, 0) is 32.1 Å². The first-order valence-electron chi connectivity index (χ1n) is 9.11. The average molecular weight is 354 g/mol. The van der Waals surface area contributed by atoms with Crippen molar-refractivity contribution in [3.63, 3.8) is 0 Å². The van der Waals surface area contributed by atoms with Crippen LogP contribution in [-0.4, -0.2) is 5.78 Å². The van der Waals surface area contributed by atoms with Gasteiger partial charge in [-0.3, -0.25) is 4.79 Å². The summed E-state index contributed by atoms with van der Waals surface area (Å²) in [5, 5.41) is 0.948. The van der Waals surface area contributed by atoms with Crippen molar-refractivity contribution in [1.29, 1.82) is 0 Å². The highest BCUT2D eigenvalue weighted by Gasteiger charge is 2.31. The van der Waals surface area contributed by atoms with Crippen molar-refractivity contribution in [3.05, 3.63) is 74.7 Å². The van der Waals surface area contributed by atoms with Gasteiger partial charge in [-0.2, -0.15) is 0 Å². The summed E-state index contributed by atoms with van der Waals surface area (Å²) in [7, 11) is 0. The number of rotatable bonds is 3. The number of fused-ring (bicyclic) bond motifs is 1. The molecule has 0 bridgehead atoms. The molecule has 1 aliphatic carbocycles. The topological polar surface area (TPSA) is 47.3 Å². The first-order chi connectivity index (χ1) is 12.6. The fourth-order valence-corrected chi connectivity index (χ4v) is 2.60. The molecule has 0 saturated heterocycles. The third-order valence-corrected chi connectivity index (χ3v) is 3.45. The third kappa shape index (κ3) is 4.48. The number of ketones is 1. The maximum atomic E-state index is 12.8. The SMILES string of the molecule is C=C/C=c1/c(=O)oc2c(/c1=C/C)C(=O)C(/C=C\C)=C2/C=C\C.CC.CC. The molecular weight excluding hydrogens is 324 g/mol. The van der Waals surface area contributed by atoms with Crippen LogP contribution in [0.1, 0.15) is 64.6 Å². The van der Waals surface area contributed by atoms with Crippen molar-refractivity contribution < 1.29 is 9.21 Å². The van der Waals surface area contributed by atoms with E-state index in [1.165, 1.54) is 6.08 Å². The van der Waals surface area contributed by atoms with Crippen LogP contribution in [-0.2, 0) is 0 Å². The number of carbonyl (C=O) groups is 1. The maximum Gasteiger partial charge on any atom is 0.344 e. The molecule has 2 rings (SSSR count). The van der Waals surface area contributed by atoms with Crippen molar-refractivity contribution >= 4 is 23.5 Å². The summed E-state index contributed by atoms with van der Waals surface area (Å²) in [6, 6.07) is 0. The van der Waals surface area contributed by atoms with Crippen LogP contribution in [0.3, 0.4) is 0 Å². The number of hydrogen-bond donors (Lipinski definition) is 0. The van der Waals surface area contributed by atoms with Gasteiger partial charge in [-0.15, -0.1) is 0 Å². The lowest BCUT2D eigenvalue weighted by molar-refractivity contribution is 0.103. The molecule has 0 saturated carbocycles. The van der Waals surface area contributed by atoms with E-state index in [0.717, 1.165) is 0 Å². The van der Waals surface area contributed by atoms with Crippen LogP contribution in [0.2, 0.25) is 0 Å². The predicted molar refractivity (Wildman–Crippen MR) is 113 cm³/mol. The zero-order valence-electron chi connectivity index (χ0n) is 17.0. The fraction of sp³-hybridized carbons (Fsp3) is 0.304. The molecule has 1 aliphatic rings. The van der Waals surface area contributed by atoms with Crippen LogP contribution in [0.25, 0.3) is 17.7 Å². The molecule has 1 heterocycles. The first-order valence-corrected chi connectivity index (χ1v) is 9.11. The van der Waals surface area contributed by atoms with Crippen LogP contribution in [0.5, 0.6) is 0 Å². The summed E-state index contributed by atoms with van der Waals surface area (Å²) in [5.41, 5.74) is 1.16. The van der Waals surface area contributed by atoms with E-state index in [1.807, 2.05) is 47.6 Å². The lowest BCUT2D eigenvalue weighted by Crippen LogP contribution is -2.41. The fourth-order valence-electron chi connectivity index (χ4n) is 2.60. The molecule has 26 heavy (non-hydrogen) atoms. The van der Waals surface area contributed by atoms with Gasteiger partial charge in [0.15, 0.2) is 11.5 Å². The predicted octanol–water partition coefficient (Wildman–Crippen LogP) is 4.56. The Kier molecular flexibility index (Phi) is 10.6. The Bertz CT molecular complexity index is 904. The Morgan fingerprint density at radius 1 is 0.846 bits per heavy atom. The van der Waals surface area contributed by atoms with Gasteiger partial charge in [-0.25, -0.2) is 4.79 Å². The van der Waals surface area contributed by atoms with E-state index in [0.29, 0.717) is 32.9 Å². The summed E-state index contributed by atoms with van der Waals surface area (Å²) >= 11 is 0. The largest absolute Gasteiger partial charge is 0.421 e. The molecule has 0 spiro atoms. The van der Waals surface area contributed by atoms with Crippen LogP contribution < -0.4 is 16.1 Å². The molecule has 1 aromatic heterocycles. The number of Topliss-reactive ketones (excluding diaryl/α,β-unsaturated/α-hetero) is 1. The minimum absolute atomic E-state index is 0.128. The van der Waals surface area contributed by atoms with E-state index in [4.69, 9.17) is 4.42 Å². The van der Waals surface area contributed by atoms with Crippen molar-refractivity contribution in [3.8, 4) is 0 Å². The van der Waals surface area contributed by atoms with Crippen LogP contribution >= 0.6 is 0 Å². The molecule has 0 aliphatic heterocycles. The second-order valence-electron chi connectivity index (χ2n) is 4.77. The third-order valence-electron chi connectivity index (χ3n) is 3.45. The summed E-state index contributed by atoms with van der Waals surface area (Å²) < 4.78 is 5.44. The molecule has 0 atom stereocenters. The molecule has 140 valence electrons. The monoisotopic (exact) mass is 354 g/mol. The van der Waals surface area contributed by atoms with E-state index in [1.54, 1.807) is 37.3 Å². The average Bonchev–Trinajstić information content (AvgIpc) is 2.92. The molecular formula is C23H30O3. The van der Waals surface area contributed by atoms with Gasteiger partial charge in [0, 0.05) is 11.1 Å². The van der Waals surface area contributed by atoms with Crippen molar-refractivity contribution in [2.75, 3.05) is 0 Å². The van der Waals surface area contributed by atoms with Crippen LogP contribution in [0, 0.1) is 0 Å². The Morgan fingerprint density at radius 3 is 1.85 bits per heavy atom. The molecule has 1 aromatic rings. The minimum Gasteiger partial charge on any atom is -0.421 e. The van der Waals surface area contributed by atoms with Gasteiger partial charge in [0.05, 0.1) is 10.8 Å². The first kappa shape index (κ1) is 23.3. The Balaban J connectivity index is 0.00000146. The smallest absolute Gasteiger partial charge is 0.344 e. The molecule has 3 heteroatoms. The summed E-state index contributed by atoms with van der Waals surface area (Å²) in [6.07, 6.45) is 12.0. The molecule has 0 unspecified atom stereocenters. The van der Waals surface area contributed by atoms with Gasteiger partial charge in [0.25, 0.3) is 0 Å². The second kappa shape index (κ2) is 11.8. The Morgan fingerprint density at radius 2 is 1.38 bits per heavy atom. The van der Waals surface area contributed by atoms with E-state index in [9.17, 15) is 9.59 Å². The number of allylic oxidation sites excluding steroid dienone is 7. The molecule has 3 nitrogen and oxygen atoms in total. The number of hydrogen-bond acceptors (Lipinski definition) is 3. The van der Waals surface area contributed by atoms with E-state index >= 15 is 0 Å². The maximum absolute atomic E-state index is 12.8. The highest BCUT2D eigenvalue weighted by molar-refractivity contribution is 6.22. The second-order valence-corrected chi connectivity index (χ2v) is 4.77. The molecule has 0 fully saturated rings.